The Morgan fingerprint density at radius 1 is 0.722 bits per heavy atom. The number of halogens is 3. The van der Waals surface area contributed by atoms with Crippen molar-refractivity contribution in [3.8, 4) is 0 Å². The lowest BCUT2D eigenvalue weighted by Gasteiger charge is -2.05. The van der Waals surface area contributed by atoms with Gasteiger partial charge in [-0.3, -0.25) is 0 Å². The topological polar surface area (TPSA) is 24.7 Å². The van der Waals surface area contributed by atoms with E-state index in [1.165, 1.54) is 12.1 Å². The highest BCUT2D eigenvalue weighted by molar-refractivity contribution is 5.42. The van der Waals surface area contributed by atoms with Gasteiger partial charge in [-0.15, -0.1) is 0 Å². The molecule has 2 rings (SSSR count). The fourth-order valence-electron chi connectivity index (χ4n) is 1.35. The molecule has 0 unspecified atom stereocenters. The van der Waals surface area contributed by atoms with E-state index in [4.69, 9.17) is 0 Å². The monoisotopic (exact) mass is 250 g/mol. The average Bonchev–Trinajstić information content (AvgIpc) is 2.37. The van der Waals surface area contributed by atoms with Crippen molar-refractivity contribution in [3.05, 3.63) is 60.2 Å². The van der Waals surface area contributed by atoms with Crippen LogP contribution in [0.3, 0.4) is 0 Å². The third-order valence-electron chi connectivity index (χ3n) is 2.21. The van der Waals surface area contributed by atoms with Gasteiger partial charge in [0.25, 0.3) is 0 Å². The summed E-state index contributed by atoms with van der Waals surface area (Å²) < 4.78 is 37.4. The predicted molar refractivity (Wildman–Crippen MR) is 62.1 cm³/mol. The van der Waals surface area contributed by atoms with E-state index >= 15 is 0 Å². The predicted octanol–water partition coefficient (Wildman–Crippen LogP) is 5.12. The van der Waals surface area contributed by atoms with E-state index in [9.17, 15) is 13.2 Å². The van der Waals surface area contributed by atoms with E-state index in [-0.39, 0.29) is 5.69 Å². The Kier molecular flexibility index (Phi) is 3.41. The second-order valence-corrected chi connectivity index (χ2v) is 3.58. The van der Waals surface area contributed by atoms with Crippen molar-refractivity contribution in [1.82, 2.24) is 0 Å². The molecule has 92 valence electrons. The molecule has 2 aromatic rings. The molecule has 0 aliphatic rings. The smallest absolute Gasteiger partial charge is 0.166 e. The Morgan fingerprint density at radius 2 is 1.33 bits per heavy atom. The van der Waals surface area contributed by atoms with E-state index in [1.54, 1.807) is 24.3 Å². The summed E-state index contributed by atoms with van der Waals surface area (Å²) in [7, 11) is 0. The van der Waals surface area contributed by atoms with Crippen LogP contribution in [0.25, 0.3) is 0 Å². The zero-order chi connectivity index (χ0) is 13.0. The summed E-state index contributed by atoms with van der Waals surface area (Å²) in [6.45, 7) is 0. The SMILES string of the molecule is FC(F)(F)c1cccc(N=Nc2ccccc2)c1. The van der Waals surface area contributed by atoms with Gasteiger partial charge in [-0.2, -0.15) is 23.4 Å². The lowest BCUT2D eigenvalue weighted by Crippen LogP contribution is -2.03. The van der Waals surface area contributed by atoms with Crippen LogP contribution in [-0.2, 0) is 6.18 Å². The number of hydrogen-bond acceptors (Lipinski definition) is 2. The van der Waals surface area contributed by atoms with Gasteiger partial charge in [0.2, 0.25) is 0 Å². The van der Waals surface area contributed by atoms with Gasteiger partial charge in [-0.1, -0.05) is 24.3 Å². The Hall–Kier alpha value is -2.17. The molecule has 2 aromatic carbocycles. The minimum absolute atomic E-state index is 0.175. The summed E-state index contributed by atoms with van der Waals surface area (Å²) >= 11 is 0. The van der Waals surface area contributed by atoms with Crippen LogP contribution in [-0.4, -0.2) is 0 Å². The van der Waals surface area contributed by atoms with Crippen LogP contribution >= 0.6 is 0 Å². The standard InChI is InChI=1S/C13H9F3N2/c14-13(15,16)10-5-4-8-12(9-10)18-17-11-6-2-1-3-7-11/h1-9H. The lowest BCUT2D eigenvalue weighted by molar-refractivity contribution is -0.137. The van der Waals surface area contributed by atoms with Gasteiger partial charge in [0.15, 0.2) is 0 Å². The van der Waals surface area contributed by atoms with Gasteiger partial charge >= 0.3 is 6.18 Å². The largest absolute Gasteiger partial charge is 0.416 e. The van der Waals surface area contributed by atoms with E-state index in [2.05, 4.69) is 10.2 Å². The molecular formula is C13H9F3N2. The van der Waals surface area contributed by atoms with Crippen molar-refractivity contribution >= 4 is 11.4 Å². The number of benzene rings is 2. The van der Waals surface area contributed by atoms with Gasteiger partial charge < -0.3 is 0 Å². The minimum atomic E-state index is -4.36. The maximum absolute atomic E-state index is 12.5. The van der Waals surface area contributed by atoms with Crippen LogP contribution in [0.15, 0.2) is 64.8 Å². The molecule has 0 heterocycles. The van der Waals surface area contributed by atoms with Gasteiger partial charge in [-0.25, -0.2) is 0 Å². The molecule has 0 saturated heterocycles. The maximum Gasteiger partial charge on any atom is 0.416 e. The molecule has 0 aromatic heterocycles. The fourth-order valence-corrected chi connectivity index (χ4v) is 1.35. The first kappa shape index (κ1) is 12.3. The summed E-state index contributed by atoms with van der Waals surface area (Å²) in [5.41, 5.74) is 0.0376. The summed E-state index contributed by atoms with van der Waals surface area (Å²) in [6, 6.07) is 13.6. The Bertz CT molecular complexity index is 548. The molecule has 5 heteroatoms. The average molecular weight is 250 g/mol. The second kappa shape index (κ2) is 5.00. The molecule has 2 nitrogen and oxygen atoms in total. The summed E-state index contributed by atoms with van der Waals surface area (Å²) in [6.07, 6.45) is -4.36. The quantitative estimate of drug-likeness (QED) is 0.661. The molecule has 0 saturated carbocycles. The molecule has 0 aliphatic carbocycles. The molecule has 0 N–H and O–H groups in total. The second-order valence-electron chi connectivity index (χ2n) is 3.58. The van der Waals surface area contributed by atoms with Crippen molar-refractivity contribution in [2.45, 2.75) is 6.18 Å². The Labute approximate surface area is 102 Å². The molecule has 0 amide bonds. The third-order valence-corrected chi connectivity index (χ3v) is 2.21. The molecule has 0 fully saturated rings. The summed E-state index contributed by atoms with van der Waals surface area (Å²) in [4.78, 5) is 0. The van der Waals surface area contributed by atoms with E-state index in [0.29, 0.717) is 5.69 Å². The highest BCUT2D eigenvalue weighted by Crippen LogP contribution is 2.31. The number of nitrogens with zero attached hydrogens (tertiary/aromatic N) is 2. The molecular weight excluding hydrogens is 241 g/mol. The van der Waals surface area contributed by atoms with Crippen molar-refractivity contribution in [2.75, 3.05) is 0 Å². The van der Waals surface area contributed by atoms with Gasteiger partial charge in [0.05, 0.1) is 16.9 Å². The fraction of sp³-hybridized carbons (Fsp3) is 0.0769. The molecule has 18 heavy (non-hydrogen) atoms. The van der Waals surface area contributed by atoms with Crippen LogP contribution in [0, 0.1) is 0 Å². The van der Waals surface area contributed by atoms with Gasteiger partial charge in [-0.05, 0) is 30.3 Å². The van der Waals surface area contributed by atoms with Crippen LogP contribution < -0.4 is 0 Å². The van der Waals surface area contributed by atoms with Crippen LogP contribution in [0.2, 0.25) is 0 Å². The van der Waals surface area contributed by atoms with E-state index < -0.39 is 11.7 Å². The van der Waals surface area contributed by atoms with Crippen molar-refractivity contribution in [3.63, 3.8) is 0 Å². The molecule has 0 atom stereocenters. The first-order valence-corrected chi connectivity index (χ1v) is 5.20. The van der Waals surface area contributed by atoms with Crippen molar-refractivity contribution in [1.29, 1.82) is 0 Å². The van der Waals surface area contributed by atoms with Gasteiger partial charge in [0.1, 0.15) is 0 Å². The lowest BCUT2D eigenvalue weighted by atomic mass is 10.2. The Balaban J connectivity index is 2.23. The number of rotatable bonds is 2. The zero-order valence-corrected chi connectivity index (χ0v) is 9.22. The highest BCUT2D eigenvalue weighted by Gasteiger charge is 2.30. The van der Waals surface area contributed by atoms with E-state index in [1.807, 2.05) is 6.07 Å². The van der Waals surface area contributed by atoms with Crippen molar-refractivity contribution < 1.29 is 13.2 Å². The molecule has 0 aliphatic heterocycles. The van der Waals surface area contributed by atoms with E-state index in [0.717, 1.165) is 12.1 Å². The summed E-state index contributed by atoms with van der Waals surface area (Å²) in [5.74, 6) is 0. The highest BCUT2D eigenvalue weighted by atomic mass is 19.4. The van der Waals surface area contributed by atoms with Crippen molar-refractivity contribution in [2.24, 2.45) is 10.2 Å². The number of azo groups is 1. The Morgan fingerprint density at radius 3 is 2.00 bits per heavy atom. The van der Waals surface area contributed by atoms with Crippen LogP contribution in [0.4, 0.5) is 24.5 Å². The molecule has 0 radical (unpaired) electrons. The zero-order valence-electron chi connectivity index (χ0n) is 9.22. The van der Waals surface area contributed by atoms with Crippen LogP contribution in [0.1, 0.15) is 5.56 Å². The third kappa shape index (κ3) is 3.16. The number of alkyl halides is 3. The molecule has 0 spiro atoms. The minimum Gasteiger partial charge on any atom is -0.166 e. The summed E-state index contributed by atoms with van der Waals surface area (Å²) in [5, 5.41) is 7.63. The normalized spacial score (nSPS) is 11.9. The van der Waals surface area contributed by atoms with Gasteiger partial charge in [0, 0.05) is 0 Å². The molecule has 0 bridgehead atoms. The first-order valence-electron chi connectivity index (χ1n) is 5.20. The van der Waals surface area contributed by atoms with Crippen LogP contribution in [0.5, 0.6) is 0 Å². The first-order chi connectivity index (χ1) is 8.55. The number of hydrogen-bond donors (Lipinski definition) is 0. The maximum atomic E-state index is 12.5.